The lowest BCUT2D eigenvalue weighted by Gasteiger charge is -2.28. The van der Waals surface area contributed by atoms with Crippen LogP contribution in [0, 0.1) is 0 Å². The molecule has 0 atom stereocenters. The molecule has 3 rings (SSSR count). The summed E-state index contributed by atoms with van der Waals surface area (Å²) in [4.78, 5) is 24.7. The van der Waals surface area contributed by atoms with Crippen LogP contribution in [-0.4, -0.2) is 29.3 Å². The number of ketones is 1. The third-order valence-corrected chi connectivity index (χ3v) is 8.86. The van der Waals surface area contributed by atoms with Gasteiger partial charge in [0.1, 0.15) is 11.3 Å². The van der Waals surface area contributed by atoms with Crippen molar-refractivity contribution in [2.45, 2.75) is 13.8 Å². The molecule has 0 aromatic heterocycles. The number of ether oxygens (including phenoxy) is 1. The molecule has 0 radical (unpaired) electrons. The van der Waals surface area contributed by atoms with Gasteiger partial charge in [-0.05, 0) is 42.4 Å². The summed E-state index contributed by atoms with van der Waals surface area (Å²) in [5.41, 5.74) is -0.339. The molecule has 3 aromatic carbocycles. The van der Waals surface area contributed by atoms with Gasteiger partial charge in [-0.3, -0.25) is 4.79 Å². The number of esters is 1. The smallest absolute Gasteiger partial charge is 0.345 e. The van der Waals surface area contributed by atoms with Crippen LogP contribution in [0.3, 0.4) is 0 Å². The van der Waals surface area contributed by atoms with E-state index in [0.29, 0.717) is 0 Å². The van der Waals surface area contributed by atoms with E-state index in [9.17, 15) is 14.7 Å². The number of allylic oxidation sites excluding steroid dienone is 1. The van der Waals surface area contributed by atoms with Gasteiger partial charge in [0, 0.05) is 0 Å². The van der Waals surface area contributed by atoms with Crippen LogP contribution in [0.4, 0.5) is 0 Å². The predicted molar refractivity (Wildman–Crippen MR) is 128 cm³/mol. The lowest BCUT2D eigenvalue weighted by atomic mass is 10.1. The van der Waals surface area contributed by atoms with Crippen LogP contribution >= 0.6 is 6.89 Å². The molecular weight excluding hydrogens is 407 g/mol. The number of hydrogen-bond donors (Lipinski definition) is 1. The van der Waals surface area contributed by atoms with Crippen molar-refractivity contribution in [1.29, 1.82) is 0 Å². The Hall–Kier alpha value is -3.36. The molecule has 1 N–H and O–H groups in total. The van der Waals surface area contributed by atoms with Gasteiger partial charge in [0.05, 0.1) is 6.61 Å². The van der Waals surface area contributed by atoms with Crippen LogP contribution in [0.25, 0.3) is 0 Å². The van der Waals surface area contributed by atoms with Crippen LogP contribution in [-0.2, 0) is 14.3 Å². The fraction of sp³-hybridized carbons (Fsp3) is 0.115. The molecule has 0 amide bonds. The first kappa shape index (κ1) is 22.3. The second-order valence-electron chi connectivity index (χ2n) is 6.90. The maximum absolute atomic E-state index is 12.5. The Morgan fingerprint density at radius 2 is 1.19 bits per heavy atom. The van der Waals surface area contributed by atoms with E-state index in [1.807, 2.05) is 91.0 Å². The summed E-state index contributed by atoms with van der Waals surface area (Å²) < 4.78 is 5.03. The van der Waals surface area contributed by atoms with Gasteiger partial charge in [0.2, 0.25) is 0 Å². The Morgan fingerprint density at radius 1 is 0.806 bits per heavy atom. The predicted octanol–water partition coefficient (Wildman–Crippen LogP) is 3.75. The molecule has 158 valence electrons. The number of carbonyl (C=O) groups is 2. The molecule has 0 fully saturated rings. The van der Waals surface area contributed by atoms with Crippen molar-refractivity contribution in [3.8, 4) is 0 Å². The summed E-state index contributed by atoms with van der Waals surface area (Å²) in [5, 5.41) is 14.1. The molecule has 0 aliphatic carbocycles. The van der Waals surface area contributed by atoms with Gasteiger partial charge in [-0.15, -0.1) is 0 Å². The maximum atomic E-state index is 12.5. The Bertz CT molecular complexity index is 1030. The van der Waals surface area contributed by atoms with Crippen molar-refractivity contribution < 1.29 is 19.4 Å². The van der Waals surface area contributed by atoms with Crippen molar-refractivity contribution in [3.63, 3.8) is 0 Å². The topological polar surface area (TPSA) is 63.6 Å². The van der Waals surface area contributed by atoms with Crippen LogP contribution < -0.4 is 15.9 Å². The monoisotopic (exact) mass is 432 g/mol. The lowest BCUT2D eigenvalue weighted by Crippen LogP contribution is -2.28. The van der Waals surface area contributed by atoms with Crippen molar-refractivity contribution in [2.75, 3.05) is 6.61 Å². The second kappa shape index (κ2) is 10.1. The van der Waals surface area contributed by atoms with E-state index in [2.05, 4.69) is 0 Å². The summed E-state index contributed by atoms with van der Waals surface area (Å²) in [6.45, 7) is 0.468. The number of hydrogen-bond acceptors (Lipinski definition) is 4. The SMILES string of the molecule is CCOC(=O)/C(C(C)=O)=C(\O)C=P(c1ccccc1)(c1ccccc1)c1ccccc1. The fourth-order valence-corrected chi connectivity index (χ4v) is 7.30. The Balaban J connectivity index is 2.47. The highest BCUT2D eigenvalue weighted by atomic mass is 31.2. The Morgan fingerprint density at radius 3 is 1.52 bits per heavy atom. The van der Waals surface area contributed by atoms with Crippen LogP contribution in [0.1, 0.15) is 13.8 Å². The molecule has 5 heteroatoms. The zero-order valence-corrected chi connectivity index (χ0v) is 18.5. The first-order valence-electron chi connectivity index (χ1n) is 10.0. The van der Waals surface area contributed by atoms with E-state index in [1.165, 1.54) is 6.92 Å². The molecule has 0 aliphatic rings. The average Bonchev–Trinajstić information content (AvgIpc) is 2.79. The van der Waals surface area contributed by atoms with E-state index in [1.54, 1.807) is 12.7 Å². The summed E-state index contributed by atoms with van der Waals surface area (Å²) in [6, 6.07) is 29.5. The molecule has 31 heavy (non-hydrogen) atoms. The zero-order chi connectivity index (χ0) is 22.3. The summed E-state index contributed by atoms with van der Waals surface area (Å²) in [6.07, 6.45) is 0. The van der Waals surface area contributed by atoms with Gasteiger partial charge in [-0.25, -0.2) is 4.79 Å². The minimum Gasteiger partial charge on any atom is -0.507 e. The van der Waals surface area contributed by atoms with Crippen molar-refractivity contribution in [3.05, 3.63) is 102 Å². The highest BCUT2D eigenvalue weighted by molar-refractivity contribution is 7.94. The molecular formula is C26H25O4P. The van der Waals surface area contributed by atoms with Crippen molar-refractivity contribution in [1.82, 2.24) is 0 Å². The number of carbonyl (C=O) groups excluding carboxylic acids is 2. The third kappa shape index (κ3) is 4.70. The third-order valence-electron chi connectivity index (χ3n) is 4.89. The van der Waals surface area contributed by atoms with Gasteiger partial charge in [-0.2, -0.15) is 0 Å². The van der Waals surface area contributed by atoms with Gasteiger partial charge in [-0.1, -0.05) is 91.0 Å². The van der Waals surface area contributed by atoms with E-state index < -0.39 is 18.6 Å². The van der Waals surface area contributed by atoms with Crippen LogP contribution in [0.5, 0.6) is 0 Å². The molecule has 4 nitrogen and oxygen atoms in total. The average molecular weight is 432 g/mol. The fourth-order valence-electron chi connectivity index (χ4n) is 3.54. The Kier molecular flexibility index (Phi) is 7.28. The molecule has 0 aliphatic heterocycles. The molecule has 0 saturated heterocycles. The van der Waals surface area contributed by atoms with Crippen LogP contribution in [0.15, 0.2) is 102 Å². The standard InChI is InChI=1S/C26H25O4P/c1-3-30-26(29)25(20(2)27)24(28)19-31(21-13-7-4-8-14-21,22-15-9-5-10-16-22)23-17-11-6-12-18-23/h4-19,28H,3H2,1-2H3/b25-24-. The van der Waals surface area contributed by atoms with Gasteiger partial charge < -0.3 is 9.84 Å². The molecule has 0 bridgehead atoms. The first-order chi connectivity index (χ1) is 15.0. The molecule has 0 unspecified atom stereocenters. The zero-order valence-electron chi connectivity index (χ0n) is 17.6. The first-order valence-corrected chi connectivity index (χ1v) is 11.9. The van der Waals surface area contributed by atoms with E-state index in [-0.39, 0.29) is 17.9 Å². The van der Waals surface area contributed by atoms with E-state index in [4.69, 9.17) is 4.74 Å². The van der Waals surface area contributed by atoms with Crippen LogP contribution in [0.2, 0.25) is 0 Å². The molecule has 0 saturated carbocycles. The summed E-state index contributed by atoms with van der Waals surface area (Å²) >= 11 is 0. The lowest BCUT2D eigenvalue weighted by molar-refractivity contribution is -0.140. The maximum Gasteiger partial charge on any atom is 0.345 e. The molecule has 0 heterocycles. The van der Waals surface area contributed by atoms with Gasteiger partial charge in [0.15, 0.2) is 5.78 Å². The summed E-state index contributed by atoms with van der Waals surface area (Å²) in [7, 11) is 0. The number of benzene rings is 3. The second-order valence-corrected chi connectivity index (χ2v) is 10.1. The quantitative estimate of drug-likeness (QED) is 0.154. The molecule has 3 aromatic rings. The number of Topliss-reactive ketones (excluding diaryl/α,β-unsaturated/α-hetero) is 1. The number of aliphatic hydroxyl groups excluding tert-OH is 1. The minimum absolute atomic E-state index is 0.110. The Labute approximate surface area is 182 Å². The van der Waals surface area contributed by atoms with Gasteiger partial charge >= 0.3 is 5.97 Å². The highest BCUT2D eigenvalue weighted by Crippen LogP contribution is 2.44. The largest absolute Gasteiger partial charge is 0.507 e. The van der Waals surface area contributed by atoms with E-state index in [0.717, 1.165) is 15.9 Å². The number of rotatable bonds is 7. The summed E-state index contributed by atoms with van der Waals surface area (Å²) in [5.74, 6) is -0.0490. The van der Waals surface area contributed by atoms with Gasteiger partial charge in [0.25, 0.3) is 0 Å². The highest BCUT2D eigenvalue weighted by Gasteiger charge is 2.28. The van der Waals surface area contributed by atoms with E-state index >= 15 is 0 Å². The normalized spacial score (nSPS) is 11.9. The molecule has 0 spiro atoms. The number of aliphatic hydroxyl groups is 1. The van der Waals surface area contributed by atoms with Crippen molar-refractivity contribution >= 4 is 40.3 Å². The minimum atomic E-state index is -2.55. The van der Waals surface area contributed by atoms with Crippen molar-refractivity contribution in [2.24, 2.45) is 0 Å².